The molecule has 0 bridgehead atoms. The predicted molar refractivity (Wildman–Crippen MR) is 56.7 cm³/mol. The summed E-state index contributed by atoms with van der Waals surface area (Å²) >= 11 is 0. The molecule has 0 radical (unpaired) electrons. The van der Waals surface area contributed by atoms with E-state index in [1.165, 1.54) is 19.2 Å². The third-order valence-corrected chi connectivity index (χ3v) is 2.26. The van der Waals surface area contributed by atoms with Gasteiger partial charge in [0.15, 0.2) is 17.7 Å². The Morgan fingerprint density at radius 3 is 2.56 bits per heavy atom. The van der Waals surface area contributed by atoms with Gasteiger partial charge in [0, 0.05) is 13.1 Å². The fourth-order valence-corrected chi connectivity index (χ4v) is 1.29. The summed E-state index contributed by atoms with van der Waals surface area (Å²) in [5, 5.41) is 11.1. The molecule has 1 aromatic rings. The van der Waals surface area contributed by atoms with Gasteiger partial charge in [-0.25, -0.2) is 4.39 Å². The molecule has 102 valence electrons. The highest BCUT2D eigenvalue weighted by Gasteiger charge is 2.37. The van der Waals surface area contributed by atoms with Crippen LogP contribution in [0.3, 0.4) is 0 Å². The van der Waals surface area contributed by atoms with Crippen molar-refractivity contribution in [3.05, 3.63) is 29.6 Å². The minimum Gasteiger partial charge on any atom is -0.494 e. The zero-order valence-corrected chi connectivity index (χ0v) is 9.59. The van der Waals surface area contributed by atoms with Gasteiger partial charge in [0.05, 0.1) is 7.11 Å². The number of ether oxygens (including phenoxy) is 1. The fraction of sp³-hybridized carbons (Fsp3) is 0.455. The number of aliphatic hydroxyl groups excluding tert-OH is 1. The normalized spacial score (nSPS) is 13.4. The maximum Gasteiger partial charge on any atom is 0.415 e. The van der Waals surface area contributed by atoms with Gasteiger partial charge in [0.2, 0.25) is 0 Å². The summed E-state index contributed by atoms with van der Waals surface area (Å²) in [5.74, 6) is -0.526. The average molecular weight is 267 g/mol. The molecule has 0 amide bonds. The van der Waals surface area contributed by atoms with Crippen molar-refractivity contribution in [1.29, 1.82) is 0 Å². The van der Waals surface area contributed by atoms with Gasteiger partial charge in [-0.15, -0.1) is 0 Å². The van der Waals surface area contributed by atoms with Crippen molar-refractivity contribution in [2.24, 2.45) is 0 Å². The van der Waals surface area contributed by atoms with E-state index in [4.69, 9.17) is 9.84 Å². The molecule has 0 aliphatic heterocycles. The van der Waals surface area contributed by atoms with Crippen LogP contribution < -0.4 is 10.1 Å². The second-order valence-corrected chi connectivity index (χ2v) is 3.66. The quantitative estimate of drug-likeness (QED) is 0.800. The first-order valence-corrected chi connectivity index (χ1v) is 5.12. The van der Waals surface area contributed by atoms with Gasteiger partial charge < -0.3 is 15.2 Å². The van der Waals surface area contributed by atoms with Crippen molar-refractivity contribution in [3.63, 3.8) is 0 Å². The van der Waals surface area contributed by atoms with Crippen molar-refractivity contribution < 1.29 is 27.4 Å². The minimum absolute atomic E-state index is 0.0219. The van der Waals surface area contributed by atoms with Gasteiger partial charge >= 0.3 is 6.18 Å². The molecule has 0 aliphatic carbocycles. The van der Waals surface area contributed by atoms with Crippen LogP contribution >= 0.6 is 0 Å². The first kappa shape index (κ1) is 14.7. The average Bonchev–Trinajstić information content (AvgIpc) is 2.28. The molecular formula is C11H13F4NO2. The van der Waals surface area contributed by atoms with Crippen molar-refractivity contribution in [1.82, 2.24) is 5.32 Å². The highest BCUT2D eigenvalue weighted by Crippen LogP contribution is 2.20. The van der Waals surface area contributed by atoms with Crippen LogP contribution in [-0.2, 0) is 6.54 Å². The van der Waals surface area contributed by atoms with Crippen LogP contribution in [0.1, 0.15) is 5.56 Å². The smallest absolute Gasteiger partial charge is 0.415 e. The number of alkyl halides is 3. The molecule has 0 aliphatic rings. The lowest BCUT2D eigenvalue weighted by atomic mass is 10.2. The minimum atomic E-state index is -4.65. The number of halogens is 4. The second kappa shape index (κ2) is 6.01. The van der Waals surface area contributed by atoms with E-state index in [9.17, 15) is 17.6 Å². The predicted octanol–water partition coefficient (Wildman–Crippen LogP) is 1.85. The van der Waals surface area contributed by atoms with E-state index in [2.05, 4.69) is 5.32 Å². The molecule has 7 heteroatoms. The van der Waals surface area contributed by atoms with E-state index < -0.39 is 24.6 Å². The number of rotatable bonds is 5. The van der Waals surface area contributed by atoms with Gasteiger partial charge in [0.25, 0.3) is 0 Å². The molecule has 0 saturated carbocycles. The molecule has 0 heterocycles. The van der Waals surface area contributed by atoms with Gasteiger partial charge in [-0.2, -0.15) is 13.2 Å². The number of hydrogen-bond acceptors (Lipinski definition) is 3. The van der Waals surface area contributed by atoms with Crippen molar-refractivity contribution in [2.45, 2.75) is 18.8 Å². The van der Waals surface area contributed by atoms with Crippen LogP contribution in [-0.4, -0.2) is 31.0 Å². The zero-order chi connectivity index (χ0) is 13.8. The fourth-order valence-electron chi connectivity index (χ4n) is 1.29. The summed E-state index contributed by atoms with van der Waals surface area (Å²) in [7, 11) is 1.32. The highest BCUT2D eigenvalue weighted by molar-refractivity contribution is 5.29. The van der Waals surface area contributed by atoms with E-state index >= 15 is 0 Å². The Morgan fingerprint density at radius 1 is 1.39 bits per heavy atom. The third-order valence-electron chi connectivity index (χ3n) is 2.26. The maximum atomic E-state index is 13.2. The lowest BCUT2D eigenvalue weighted by Crippen LogP contribution is -2.38. The molecule has 1 rings (SSSR count). The Morgan fingerprint density at radius 2 is 2.06 bits per heavy atom. The van der Waals surface area contributed by atoms with Crippen LogP contribution in [0.4, 0.5) is 17.6 Å². The lowest BCUT2D eigenvalue weighted by molar-refractivity contribution is -0.201. The number of methoxy groups -OCH3 is 1. The van der Waals surface area contributed by atoms with Crippen LogP contribution in [0.5, 0.6) is 5.75 Å². The van der Waals surface area contributed by atoms with E-state index in [1.807, 2.05) is 0 Å². The Bertz CT molecular complexity index is 395. The first-order chi connectivity index (χ1) is 8.34. The summed E-state index contributed by atoms with van der Waals surface area (Å²) < 4.78 is 53.9. The third kappa shape index (κ3) is 4.15. The Balaban J connectivity index is 2.47. The Hall–Kier alpha value is -1.34. The monoisotopic (exact) mass is 267 g/mol. The molecule has 18 heavy (non-hydrogen) atoms. The summed E-state index contributed by atoms with van der Waals surface area (Å²) in [6, 6.07) is 4.06. The molecule has 1 unspecified atom stereocenters. The molecule has 1 atom stereocenters. The highest BCUT2D eigenvalue weighted by atomic mass is 19.4. The number of nitrogens with one attached hydrogen (secondary N) is 1. The van der Waals surface area contributed by atoms with E-state index in [0.717, 1.165) is 6.07 Å². The SMILES string of the molecule is COc1ccc(CNCC(O)C(F)(F)F)cc1F. The maximum absolute atomic E-state index is 13.2. The summed E-state index contributed by atoms with van der Waals surface area (Å²) in [6.07, 6.45) is -7.08. The molecule has 0 aromatic heterocycles. The molecule has 0 saturated heterocycles. The van der Waals surface area contributed by atoms with Gasteiger partial charge in [-0.05, 0) is 17.7 Å². The number of aliphatic hydroxyl groups is 1. The topological polar surface area (TPSA) is 41.5 Å². The van der Waals surface area contributed by atoms with Crippen LogP contribution in [0.2, 0.25) is 0 Å². The van der Waals surface area contributed by atoms with Crippen molar-refractivity contribution in [2.75, 3.05) is 13.7 Å². The first-order valence-electron chi connectivity index (χ1n) is 5.12. The zero-order valence-electron chi connectivity index (χ0n) is 9.59. The van der Waals surface area contributed by atoms with Crippen LogP contribution in [0.25, 0.3) is 0 Å². The standard InChI is InChI=1S/C11H13F4NO2/c1-18-9-3-2-7(4-8(9)12)5-16-6-10(17)11(13,14)15/h2-4,10,16-17H,5-6H2,1H3. The Labute approximate surface area is 101 Å². The molecule has 2 N–H and O–H groups in total. The van der Waals surface area contributed by atoms with E-state index in [1.54, 1.807) is 0 Å². The van der Waals surface area contributed by atoms with E-state index in [0.29, 0.717) is 5.56 Å². The Kier molecular flexibility index (Phi) is 4.92. The number of hydrogen-bond donors (Lipinski definition) is 2. The van der Waals surface area contributed by atoms with Gasteiger partial charge in [-0.3, -0.25) is 0 Å². The molecular weight excluding hydrogens is 254 g/mol. The molecule has 0 spiro atoms. The number of benzene rings is 1. The van der Waals surface area contributed by atoms with Gasteiger partial charge in [-0.1, -0.05) is 6.07 Å². The van der Waals surface area contributed by atoms with Gasteiger partial charge in [0.1, 0.15) is 0 Å². The van der Waals surface area contributed by atoms with Crippen LogP contribution in [0, 0.1) is 5.82 Å². The van der Waals surface area contributed by atoms with E-state index in [-0.39, 0.29) is 12.3 Å². The van der Waals surface area contributed by atoms with Crippen LogP contribution in [0.15, 0.2) is 18.2 Å². The lowest BCUT2D eigenvalue weighted by Gasteiger charge is -2.15. The molecule has 3 nitrogen and oxygen atoms in total. The van der Waals surface area contributed by atoms with Crippen molar-refractivity contribution in [3.8, 4) is 5.75 Å². The molecule has 1 aromatic carbocycles. The summed E-state index contributed by atoms with van der Waals surface area (Å²) in [6.45, 7) is -0.620. The summed E-state index contributed by atoms with van der Waals surface area (Å²) in [5.41, 5.74) is 0.461. The second-order valence-electron chi connectivity index (χ2n) is 3.66. The van der Waals surface area contributed by atoms with Crippen molar-refractivity contribution >= 4 is 0 Å². The molecule has 0 fully saturated rings. The largest absolute Gasteiger partial charge is 0.494 e. The summed E-state index contributed by atoms with van der Waals surface area (Å²) in [4.78, 5) is 0.